The molecule has 8 heteroatoms. The van der Waals surface area contributed by atoms with E-state index in [1.54, 1.807) is 42.5 Å². The van der Waals surface area contributed by atoms with Gasteiger partial charge in [-0.1, -0.05) is 72.8 Å². The van der Waals surface area contributed by atoms with E-state index in [9.17, 15) is 14.4 Å². The zero-order valence-electron chi connectivity index (χ0n) is 23.5. The Morgan fingerprint density at radius 1 is 0.636 bits per heavy atom. The summed E-state index contributed by atoms with van der Waals surface area (Å²) in [5, 5.41) is 8.54. The van der Waals surface area contributed by atoms with Gasteiger partial charge in [0.2, 0.25) is 5.91 Å². The lowest BCUT2D eigenvalue weighted by Gasteiger charge is -2.12. The van der Waals surface area contributed by atoms with Crippen LogP contribution in [0.2, 0.25) is 0 Å². The molecule has 0 fully saturated rings. The van der Waals surface area contributed by atoms with Crippen LogP contribution in [0.5, 0.6) is 0 Å². The summed E-state index contributed by atoms with van der Waals surface area (Å²) in [5.41, 5.74) is 4.76. The van der Waals surface area contributed by atoms with Crippen molar-refractivity contribution in [2.45, 2.75) is 4.90 Å². The van der Waals surface area contributed by atoms with Crippen molar-refractivity contribution >= 4 is 69.5 Å². The molecule has 6 nitrogen and oxygen atoms in total. The summed E-state index contributed by atoms with van der Waals surface area (Å²) >= 11 is 3.62. The van der Waals surface area contributed by atoms with Gasteiger partial charge in [0, 0.05) is 25.4 Å². The van der Waals surface area contributed by atoms with Crippen molar-refractivity contribution in [1.82, 2.24) is 5.32 Å². The number of hydrogen-bond acceptors (Lipinski definition) is 4. The van der Waals surface area contributed by atoms with Gasteiger partial charge in [-0.3, -0.25) is 14.4 Å². The minimum Gasteiger partial charge on any atom is -0.325 e. The highest BCUT2D eigenvalue weighted by molar-refractivity contribution is 14.1. The van der Waals surface area contributed by atoms with Crippen molar-refractivity contribution in [3.8, 4) is 11.1 Å². The zero-order chi connectivity index (χ0) is 30.7. The van der Waals surface area contributed by atoms with Gasteiger partial charge in [-0.15, -0.1) is 11.8 Å². The number of anilines is 2. The Balaban J connectivity index is 1.26. The van der Waals surface area contributed by atoms with Gasteiger partial charge < -0.3 is 16.0 Å². The normalized spacial score (nSPS) is 11.0. The van der Waals surface area contributed by atoms with Crippen LogP contribution in [0.4, 0.5) is 11.4 Å². The number of benzene rings is 5. The van der Waals surface area contributed by atoms with Gasteiger partial charge in [0.05, 0.1) is 5.75 Å². The molecule has 5 rings (SSSR count). The van der Waals surface area contributed by atoms with E-state index < -0.39 is 5.91 Å². The molecule has 3 N–H and O–H groups in total. The van der Waals surface area contributed by atoms with E-state index in [1.165, 1.54) is 11.8 Å². The summed E-state index contributed by atoms with van der Waals surface area (Å²) in [5.74, 6) is -0.699. The average Bonchev–Trinajstić information content (AvgIpc) is 3.06. The molecule has 0 saturated carbocycles. The van der Waals surface area contributed by atoms with Gasteiger partial charge in [0.15, 0.2) is 0 Å². The van der Waals surface area contributed by atoms with Gasteiger partial charge >= 0.3 is 0 Å². The number of amides is 3. The number of nitrogens with one attached hydrogen (secondary N) is 3. The Labute approximate surface area is 274 Å². The molecule has 0 bridgehead atoms. The Morgan fingerprint density at radius 3 is 1.86 bits per heavy atom. The predicted octanol–water partition coefficient (Wildman–Crippen LogP) is 8.10. The minimum atomic E-state index is -0.460. The smallest absolute Gasteiger partial charge is 0.272 e. The molecule has 0 aromatic heterocycles. The average molecular weight is 710 g/mol. The molecule has 5 aromatic rings. The second-order valence-corrected chi connectivity index (χ2v) is 12.0. The molecule has 0 spiro atoms. The van der Waals surface area contributed by atoms with E-state index in [2.05, 4.69) is 38.5 Å². The van der Waals surface area contributed by atoms with Gasteiger partial charge in [0.25, 0.3) is 11.8 Å². The standard InChI is InChI=1S/C36H28IN3O3S/c37-29-15-17-30(18-16-29)38-34(41)24-44-32-21-19-31(20-22-32)39-36(43)33(40-35(42)28-9-5-2-6-10-28)23-25-11-13-27(14-12-25)26-7-3-1-4-8-26/h1-23H,24H2,(H,38,41)(H,39,43)(H,40,42)/b33-23-. The first-order valence-electron chi connectivity index (χ1n) is 13.8. The molecule has 0 aliphatic heterocycles. The monoisotopic (exact) mass is 709 g/mol. The zero-order valence-corrected chi connectivity index (χ0v) is 26.5. The van der Waals surface area contributed by atoms with Crippen LogP contribution in [-0.4, -0.2) is 23.5 Å². The van der Waals surface area contributed by atoms with Crippen molar-refractivity contribution in [2.24, 2.45) is 0 Å². The molecular weight excluding hydrogens is 681 g/mol. The molecular formula is C36H28IN3O3S. The molecule has 3 amide bonds. The summed E-state index contributed by atoms with van der Waals surface area (Å²) in [6, 6.07) is 41.4. The summed E-state index contributed by atoms with van der Waals surface area (Å²) in [6.07, 6.45) is 1.65. The van der Waals surface area contributed by atoms with Gasteiger partial charge in [-0.25, -0.2) is 0 Å². The maximum Gasteiger partial charge on any atom is 0.272 e. The van der Waals surface area contributed by atoms with Gasteiger partial charge in [-0.2, -0.15) is 0 Å². The molecule has 44 heavy (non-hydrogen) atoms. The van der Waals surface area contributed by atoms with E-state index in [1.807, 2.05) is 97.1 Å². The summed E-state index contributed by atoms with van der Waals surface area (Å²) in [6.45, 7) is 0. The first kappa shape index (κ1) is 30.8. The van der Waals surface area contributed by atoms with E-state index in [0.29, 0.717) is 11.3 Å². The van der Waals surface area contributed by atoms with Gasteiger partial charge in [-0.05, 0) is 106 Å². The van der Waals surface area contributed by atoms with Crippen molar-refractivity contribution in [3.05, 3.63) is 154 Å². The van der Waals surface area contributed by atoms with Crippen LogP contribution in [0.25, 0.3) is 17.2 Å². The highest BCUT2D eigenvalue weighted by atomic mass is 127. The van der Waals surface area contributed by atoms with E-state index in [-0.39, 0.29) is 23.3 Å². The lowest BCUT2D eigenvalue weighted by atomic mass is 10.0. The number of carbonyl (C=O) groups is 3. The highest BCUT2D eigenvalue weighted by Gasteiger charge is 2.15. The van der Waals surface area contributed by atoms with Crippen LogP contribution in [-0.2, 0) is 9.59 Å². The third kappa shape index (κ3) is 8.92. The Hall–Kier alpha value is -4.67. The second kappa shape index (κ2) is 15.2. The van der Waals surface area contributed by atoms with Crippen molar-refractivity contribution in [2.75, 3.05) is 16.4 Å². The topological polar surface area (TPSA) is 87.3 Å². The third-order valence-corrected chi connectivity index (χ3v) is 8.20. The molecule has 0 saturated heterocycles. The maximum absolute atomic E-state index is 13.4. The van der Waals surface area contributed by atoms with Crippen LogP contribution in [0.15, 0.2) is 144 Å². The van der Waals surface area contributed by atoms with Gasteiger partial charge in [0.1, 0.15) is 5.70 Å². The van der Waals surface area contributed by atoms with Crippen LogP contribution in [0, 0.1) is 3.57 Å². The summed E-state index contributed by atoms with van der Waals surface area (Å²) < 4.78 is 1.10. The summed E-state index contributed by atoms with van der Waals surface area (Å²) in [7, 11) is 0. The molecule has 0 radical (unpaired) electrons. The van der Waals surface area contributed by atoms with Crippen LogP contribution >= 0.6 is 34.4 Å². The minimum absolute atomic E-state index is 0.102. The SMILES string of the molecule is O=C(CSc1ccc(NC(=O)/C(=C/c2ccc(-c3ccccc3)cc2)NC(=O)c2ccccc2)cc1)Nc1ccc(I)cc1. The molecule has 0 heterocycles. The largest absolute Gasteiger partial charge is 0.325 e. The third-order valence-electron chi connectivity index (χ3n) is 6.47. The van der Waals surface area contributed by atoms with Crippen molar-refractivity contribution in [1.29, 1.82) is 0 Å². The fraction of sp³-hybridized carbons (Fsp3) is 0.0278. The molecule has 5 aromatic carbocycles. The number of hydrogen-bond donors (Lipinski definition) is 3. The second-order valence-electron chi connectivity index (χ2n) is 9.69. The number of thioether (sulfide) groups is 1. The number of carbonyl (C=O) groups excluding carboxylic acids is 3. The van der Waals surface area contributed by atoms with Crippen LogP contribution in [0.1, 0.15) is 15.9 Å². The Bertz CT molecular complexity index is 1760. The lowest BCUT2D eigenvalue weighted by Crippen LogP contribution is -2.30. The molecule has 0 aliphatic carbocycles. The van der Waals surface area contributed by atoms with Crippen LogP contribution in [0.3, 0.4) is 0 Å². The highest BCUT2D eigenvalue weighted by Crippen LogP contribution is 2.23. The predicted molar refractivity (Wildman–Crippen MR) is 187 cm³/mol. The van der Waals surface area contributed by atoms with Crippen molar-refractivity contribution in [3.63, 3.8) is 0 Å². The first-order valence-corrected chi connectivity index (χ1v) is 15.8. The fourth-order valence-corrected chi connectivity index (χ4v) is 5.28. The Morgan fingerprint density at radius 2 is 1.20 bits per heavy atom. The Kier molecular flexibility index (Phi) is 10.6. The number of rotatable bonds is 10. The molecule has 218 valence electrons. The van der Waals surface area contributed by atoms with Crippen LogP contribution < -0.4 is 16.0 Å². The molecule has 0 aliphatic rings. The first-order chi connectivity index (χ1) is 21.4. The maximum atomic E-state index is 13.4. The van der Waals surface area contributed by atoms with E-state index in [4.69, 9.17) is 0 Å². The quantitative estimate of drug-likeness (QED) is 0.0778. The molecule has 0 atom stereocenters. The number of halogens is 1. The van der Waals surface area contributed by atoms with E-state index in [0.717, 1.165) is 30.8 Å². The fourth-order valence-electron chi connectivity index (χ4n) is 4.22. The van der Waals surface area contributed by atoms with E-state index >= 15 is 0 Å². The lowest BCUT2D eigenvalue weighted by molar-refractivity contribution is -0.114. The summed E-state index contributed by atoms with van der Waals surface area (Å²) in [4.78, 5) is 39.6. The molecule has 0 unspecified atom stereocenters. The van der Waals surface area contributed by atoms with Crippen molar-refractivity contribution < 1.29 is 14.4 Å².